The van der Waals surface area contributed by atoms with Gasteiger partial charge < -0.3 is 10.4 Å². The molecule has 1 aromatic heterocycles. The number of amides is 1. The highest BCUT2D eigenvalue weighted by Crippen LogP contribution is 2.05. The van der Waals surface area contributed by atoms with E-state index in [9.17, 15) is 9.90 Å². The third-order valence-electron chi connectivity index (χ3n) is 3.31. The topological polar surface area (TPSA) is 80.0 Å². The molecule has 6 heteroatoms. The lowest BCUT2D eigenvalue weighted by Crippen LogP contribution is -2.29. The number of carbonyl (C=O) groups is 1. The monoisotopic (exact) mass is 302 g/mol. The Morgan fingerprint density at radius 1 is 1.32 bits per heavy atom. The number of rotatable bonds is 7. The third kappa shape index (κ3) is 4.96. The van der Waals surface area contributed by atoms with Crippen LogP contribution in [0.15, 0.2) is 36.5 Å². The maximum atomic E-state index is 12.0. The summed E-state index contributed by atoms with van der Waals surface area (Å²) in [5.41, 5.74) is 1.41. The van der Waals surface area contributed by atoms with Gasteiger partial charge >= 0.3 is 0 Å². The summed E-state index contributed by atoms with van der Waals surface area (Å²) in [6, 6.07) is 9.88. The first-order valence-corrected chi connectivity index (χ1v) is 7.45. The maximum Gasteiger partial charge on any atom is 0.273 e. The average Bonchev–Trinajstić information content (AvgIpc) is 2.94. The molecule has 0 radical (unpaired) electrons. The van der Waals surface area contributed by atoms with Crippen LogP contribution in [0.4, 0.5) is 0 Å². The Morgan fingerprint density at radius 3 is 2.73 bits per heavy atom. The van der Waals surface area contributed by atoms with Gasteiger partial charge in [0.1, 0.15) is 0 Å². The minimum Gasteiger partial charge on any atom is -0.393 e. The minimum absolute atomic E-state index is 0.211. The first-order valence-electron chi connectivity index (χ1n) is 7.45. The predicted molar refractivity (Wildman–Crippen MR) is 83.4 cm³/mol. The number of benzene rings is 1. The van der Waals surface area contributed by atoms with Crippen LogP contribution in [0.3, 0.4) is 0 Å². The van der Waals surface area contributed by atoms with E-state index in [2.05, 4.69) is 15.6 Å². The number of hydrogen-bond donors (Lipinski definition) is 2. The van der Waals surface area contributed by atoms with E-state index in [1.807, 2.05) is 37.3 Å². The third-order valence-corrected chi connectivity index (χ3v) is 3.31. The SMILES string of the molecule is CC(O)CC(C)CNC(=O)c1cn(Cc2ccccc2)nn1. The first-order chi connectivity index (χ1) is 10.5. The van der Waals surface area contributed by atoms with E-state index in [-0.39, 0.29) is 17.9 Å². The highest BCUT2D eigenvalue weighted by molar-refractivity contribution is 5.91. The van der Waals surface area contributed by atoms with E-state index in [0.717, 1.165) is 5.56 Å². The van der Waals surface area contributed by atoms with Gasteiger partial charge in [-0.25, -0.2) is 4.68 Å². The van der Waals surface area contributed by atoms with Crippen molar-refractivity contribution in [1.29, 1.82) is 0 Å². The standard InChI is InChI=1S/C16H22N4O2/c1-12(8-13(2)21)9-17-16(22)15-11-20(19-18-15)10-14-6-4-3-5-7-14/h3-7,11-13,21H,8-10H2,1-2H3,(H,17,22). The lowest BCUT2D eigenvalue weighted by Gasteiger charge is -2.13. The molecule has 2 unspecified atom stereocenters. The molecule has 0 aliphatic rings. The lowest BCUT2D eigenvalue weighted by molar-refractivity contribution is 0.0934. The molecule has 1 heterocycles. The number of aliphatic hydroxyl groups excluding tert-OH is 1. The van der Waals surface area contributed by atoms with Gasteiger partial charge in [0.25, 0.3) is 5.91 Å². The molecule has 2 rings (SSSR count). The molecule has 0 aliphatic carbocycles. The highest BCUT2D eigenvalue weighted by Gasteiger charge is 2.13. The summed E-state index contributed by atoms with van der Waals surface area (Å²) in [7, 11) is 0. The van der Waals surface area contributed by atoms with E-state index >= 15 is 0 Å². The molecule has 0 saturated carbocycles. The number of aliphatic hydroxyl groups is 1. The zero-order valence-electron chi connectivity index (χ0n) is 12.9. The second-order valence-corrected chi connectivity index (χ2v) is 5.69. The van der Waals surface area contributed by atoms with E-state index < -0.39 is 0 Å². The summed E-state index contributed by atoms with van der Waals surface area (Å²) >= 11 is 0. The van der Waals surface area contributed by atoms with Crippen LogP contribution in [-0.4, -0.2) is 38.7 Å². The molecule has 2 atom stereocenters. The molecule has 2 N–H and O–H groups in total. The molecule has 2 aromatic rings. The maximum absolute atomic E-state index is 12.0. The number of aromatic nitrogens is 3. The van der Waals surface area contributed by atoms with Gasteiger partial charge in [-0.3, -0.25) is 4.79 Å². The fraction of sp³-hybridized carbons (Fsp3) is 0.438. The van der Waals surface area contributed by atoms with E-state index in [0.29, 0.717) is 25.2 Å². The van der Waals surface area contributed by atoms with Gasteiger partial charge in [0.2, 0.25) is 0 Å². The molecule has 0 aliphatic heterocycles. The van der Waals surface area contributed by atoms with Crippen molar-refractivity contribution in [3.05, 3.63) is 47.8 Å². The number of nitrogens with zero attached hydrogens (tertiary/aromatic N) is 3. The normalized spacial score (nSPS) is 13.6. The number of carbonyl (C=O) groups excluding carboxylic acids is 1. The van der Waals surface area contributed by atoms with Gasteiger partial charge in [0.15, 0.2) is 5.69 Å². The Balaban J connectivity index is 1.86. The molecule has 22 heavy (non-hydrogen) atoms. The highest BCUT2D eigenvalue weighted by atomic mass is 16.3. The lowest BCUT2D eigenvalue weighted by atomic mass is 10.0. The smallest absolute Gasteiger partial charge is 0.273 e. The molecule has 1 aromatic carbocycles. The van der Waals surface area contributed by atoms with Crippen molar-refractivity contribution in [3.63, 3.8) is 0 Å². The summed E-state index contributed by atoms with van der Waals surface area (Å²) in [5, 5.41) is 20.0. The van der Waals surface area contributed by atoms with Gasteiger partial charge in [-0.1, -0.05) is 42.5 Å². The van der Waals surface area contributed by atoms with Crippen molar-refractivity contribution in [1.82, 2.24) is 20.3 Å². The van der Waals surface area contributed by atoms with Crippen molar-refractivity contribution in [2.75, 3.05) is 6.54 Å². The molecular formula is C16H22N4O2. The summed E-state index contributed by atoms with van der Waals surface area (Å²) in [4.78, 5) is 12.0. The van der Waals surface area contributed by atoms with Gasteiger partial charge in [-0.05, 0) is 24.8 Å². The minimum atomic E-state index is -0.362. The van der Waals surface area contributed by atoms with E-state index in [1.165, 1.54) is 0 Å². The second kappa shape index (κ2) is 7.70. The Labute approximate surface area is 130 Å². The van der Waals surface area contributed by atoms with Crippen molar-refractivity contribution in [2.24, 2.45) is 5.92 Å². The van der Waals surface area contributed by atoms with Crippen LogP contribution in [-0.2, 0) is 6.54 Å². The largest absolute Gasteiger partial charge is 0.393 e. The van der Waals surface area contributed by atoms with Crippen LogP contribution in [0.1, 0.15) is 36.3 Å². The zero-order chi connectivity index (χ0) is 15.9. The van der Waals surface area contributed by atoms with E-state index in [4.69, 9.17) is 0 Å². The van der Waals surface area contributed by atoms with Crippen molar-refractivity contribution < 1.29 is 9.90 Å². The Hall–Kier alpha value is -2.21. The van der Waals surface area contributed by atoms with Gasteiger partial charge in [0, 0.05) is 6.54 Å². The molecule has 0 saturated heterocycles. The van der Waals surface area contributed by atoms with Crippen LogP contribution >= 0.6 is 0 Å². The predicted octanol–water partition coefficient (Wildman–Crippen LogP) is 1.46. The van der Waals surface area contributed by atoms with E-state index in [1.54, 1.807) is 17.8 Å². The second-order valence-electron chi connectivity index (χ2n) is 5.69. The van der Waals surface area contributed by atoms with Crippen LogP contribution in [0.25, 0.3) is 0 Å². The average molecular weight is 302 g/mol. The fourth-order valence-corrected chi connectivity index (χ4v) is 2.27. The molecule has 6 nitrogen and oxygen atoms in total. The van der Waals surface area contributed by atoms with Gasteiger partial charge in [0.05, 0.1) is 18.8 Å². The van der Waals surface area contributed by atoms with Crippen LogP contribution in [0.2, 0.25) is 0 Å². The molecular weight excluding hydrogens is 280 g/mol. The Bertz CT molecular complexity index is 595. The summed E-state index contributed by atoms with van der Waals surface area (Å²) in [6.07, 6.45) is 1.93. The van der Waals surface area contributed by atoms with Gasteiger partial charge in [-0.2, -0.15) is 0 Å². The fourth-order valence-electron chi connectivity index (χ4n) is 2.27. The van der Waals surface area contributed by atoms with Crippen LogP contribution in [0.5, 0.6) is 0 Å². The zero-order valence-corrected chi connectivity index (χ0v) is 12.9. The van der Waals surface area contributed by atoms with Crippen LogP contribution in [0, 0.1) is 5.92 Å². The summed E-state index contributed by atoms with van der Waals surface area (Å²) < 4.78 is 1.64. The Kier molecular flexibility index (Phi) is 5.66. The number of hydrogen-bond acceptors (Lipinski definition) is 4. The van der Waals surface area contributed by atoms with Gasteiger partial charge in [-0.15, -0.1) is 5.10 Å². The molecule has 1 amide bonds. The first kappa shape index (κ1) is 16.2. The van der Waals surface area contributed by atoms with Crippen molar-refractivity contribution >= 4 is 5.91 Å². The summed E-state index contributed by atoms with van der Waals surface area (Å²) in [5.74, 6) is -0.0277. The summed E-state index contributed by atoms with van der Waals surface area (Å²) in [6.45, 7) is 4.82. The van der Waals surface area contributed by atoms with Crippen molar-refractivity contribution in [3.8, 4) is 0 Å². The van der Waals surface area contributed by atoms with Crippen molar-refractivity contribution in [2.45, 2.75) is 32.9 Å². The van der Waals surface area contributed by atoms with Crippen LogP contribution < -0.4 is 5.32 Å². The molecule has 0 spiro atoms. The quantitative estimate of drug-likeness (QED) is 0.811. The Morgan fingerprint density at radius 2 is 2.05 bits per heavy atom. The molecule has 0 fully saturated rings. The molecule has 0 bridgehead atoms. The molecule has 118 valence electrons. The number of nitrogens with one attached hydrogen (secondary N) is 1.